The molecule has 0 fully saturated rings. The minimum absolute atomic E-state index is 0.196. The highest BCUT2D eigenvalue weighted by Crippen LogP contribution is 2.36. The lowest BCUT2D eigenvalue weighted by Gasteiger charge is -2.02. The van der Waals surface area contributed by atoms with Crippen LogP contribution in [-0.2, 0) is 9.53 Å². The molecular formula is C11H10O4S. The topological polar surface area (TPSA) is 52.6 Å². The van der Waals surface area contributed by atoms with Gasteiger partial charge in [-0.3, -0.25) is 4.79 Å². The number of benzene rings is 1. The molecule has 0 radical (unpaired) electrons. The highest BCUT2D eigenvalue weighted by atomic mass is 32.2. The third kappa shape index (κ3) is 2.04. The molecule has 0 bridgehead atoms. The maximum Gasteiger partial charge on any atom is 0.379 e. The number of hydrogen-bond acceptors (Lipinski definition) is 5. The Bertz CT molecular complexity index is 442. The molecular weight excluding hydrogens is 228 g/mol. The second-order valence-electron chi connectivity index (χ2n) is 3.12. The lowest BCUT2D eigenvalue weighted by molar-refractivity contribution is -0.137. The molecule has 1 heterocycles. The molecule has 0 aliphatic carbocycles. The van der Waals surface area contributed by atoms with Crippen molar-refractivity contribution in [3.63, 3.8) is 0 Å². The third-order valence-corrected chi connectivity index (χ3v) is 2.98. The molecule has 5 heteroatoms. The Morgan fingerprint density at radius 2 is 2.31 bits per heavy atom. The Hall–Kier alpha value is -1.49. The highest BCUT2D eigenvalue weighted by molar-refractivity contribution is 7.99. The largest absolute Gasteiger partial charge is 0.481 e. The van der Waals surface area contributed by atoms with Crippen molar-refractivity contribution >= 4 is 23.5 Å². The van der Waals surface area contributed by atoms with E-state index < -0.39 is 11.8 Å². The van der Waals surface area contributed by atoms with Crippen LogP contribution in [-0.4, -0.2) is 24.3 Å². The number of fused-ring (bicyclic) bond motifs is 1. The van der Waals surface area contributed by atoms with Crippen LogP contribution in [0, 0.1) is 0 Å². The Labute approximate surface area is 96.9 Å². The Kier molecular flexibility index (Phi) is 3.14. The number of Topliss-reactive ketones (excluding diaryl/α,β-unsaturated/α-hetero) is 1. The molecule has 0 saturated heterocycles. The van der Waals surface area contributed by atoms with Crippen molar-refractivity contribution in [2.75, 3.05) is 12.5 Å². The number of ketones is 1. The zero-order valence-electron chi connectivity index (χ0n) is 8.69. The van der Waals surface area contributed by atoms with Gasteiger partial charge in [0, 0.05) is 5.56 Å². The standard InChI is InChI=1S/C11H10O4S/c1-2-14-11(13)10(12)7-3-4-9-8(5-7)15-6-16-9/h3-5H,2,6H2,1H3. The first-order valence-corrected chi connectivity index (χ1v) is 5.82. The number of thioether (sulfide) groups is 1. The molecule has 0 spiro atoms. The fourth-order valence-electron chi connectivity index (χ4n) is 1.35. The lowest BCUT2D eigenvalue weighted by Crippen LogP contribution is -2.17. The van der Waals surface area contributed by atoms with Gasteiger partial charge in [-0.15, -0.1) is 0 Å². The van der Waals surface area contributed by atoms with Crippen LogP contribution in [0.3, 0.4) is 0 Å². The summed E-state index contributed by atoms with van der Waals surface area (Å²) in [5.74, 6) is -0.259. The van der Waals surface area contributed by atoms with E-state index in [2.05, 4.69) is 4.74 Å². The zero-order chi connectivity index (χ0) is 11.5. The van der Waals surface area contributed by atoms with Gasteiger partial charge in [0.2, 0.25) is 0 Å². The monoisotopic (exact) mass is 238 g/mol. The number of carbonyl (C=O) groups is 2. The average molecular weight is 238 g/mol. The summed E-state index contributed by atoms with van der Waals surface area (Å²) < 4.78 is 9.93. The number of ether oxygens (including phenoxy) is 2. The fourth-order valence-corrected chi connectivity index (χ4v) is 2.09. The van der Waals surface area contributed by atoms with Crippen molar-refractivity contribution < 1.29 is 19.1 Å². The van der Waals surface area contributed by atoms with Crippen LogP contribution >= 0.6 is 11.8 Å². The first-order chi connectivity index (χ1) is 7.72. The van der Waals surface area contributed by atoms with Crippen LogP contribution in [0.2, 0.25) is 0 Å². The molecule has 1 aromatic carbocycles. The molecule has 1 aliphatic heterocycles. The summed E-state index contributed by atoms with van der Waals surface area (Å²) in [5.41, 5.74) is 0.305. The number of esters is 1. The van der Waals surface area contributed by atoms with Crippen molar-refractivity contribution in [1.29, 1.82) is 0 Å². The lowest BCUT2D eigenvalue weighted by atomic mass is 10.1. The van der Waals surface area contributed by atoms with Crippen molar-refractivity contribution in [3.05, 3.63) is 23.8 Å². The molecule has 4 nitrogen and oxygen atoms in total. The summed E-state index contributed by atoms with van der Waals surface area (Å²) in [4.78, 5) is 23.8. The van der Waals surface area contributed by atoms with Crippen molar-refractivity contribution in [3.8, 4) is 5.75 Å². The summed E-state index contributed by atoms with van der Waals surface area (Å²) in [6.07, 6.45) is 0. The van der Waals surface area contributed by atoms with Crippen LogP contribution in [0.4, 0.5) is 0 Å². The molecule has 84 valence electrons. The zero-order valence-corrected chi connectivity index (χ0v) is 9.50. The van der Waals surface area contributed by atoms with Crippen LogP contribution in [0.25, 0.3) is 0 Å². The van der Waals surface area contributed by atoms with Crippen LogP contribution in [0.1, 0.15) is 17.3 Å². The minimum atomic E-state index is -0.826. The van der Waals surface area contributed by atoms with Crippen LogP contribution < -0.4 is 4.74 Å². The maximum atomic E-state index is 11.6. The van der Waals surface area contributed by atoms with E-state index in [9.17, 15) is 9.59 Å². The molecule has 0 N–H and O–H groups in total. The van der Waals surface area contributed by atoms with Gasteiger partial charge in [0.05, 0.1) is 11.5 Å². The summed E-state index contributed by atoms with van der Waals surface area (Å²) in [7, 11) is 0. The van der Waals surface area contributed by atoms with Gasteiger partial charge in [0.15, 0.2) is 0 Å². The summed E-state index contributed by atoms with van der Waals surface area (Å²) >= 11 is 1.56. The van der Waals surface area contributed by atoms with E-state index in [1.165, 1.54) is 0 Å². The van der Waals surface area contributed by atoms with Crippen molar-refractivity contribution in [2.24, 2.45) is 0 Å². The highest BCUT2D eigenvalue weighted by Gasteiger charge is 2.21. The second kappa shape index (κ2) is 4.57. The van der Waals surface area contributed by atoms with E-state index in [-0.39, 0.29) is 6.61 Å². The normalized spacial score (nSPS) is 12.8. The van der Waals surface area contributed by atoms with E-state index >= 15 is 0 Å². The Morgan fingerprint density at radius 3 is 3.06 bits per heavy atom. The summed E-state index contributed by atoms with van der Waals surface area (Å²) in [6, 6.07) is 4.97. The van der Waals surface area contributed by atoms with Crippen LogP contribution in [0.15, 0.2) is 23.1 Å². The van der Waals surface area contributed by atoms with E-state index in [0.717, 1.165) is 4.90 Å². The quantitative estimate of drug-likeness (QED) is 0.457. The van der Waals surface area contributed by atoms with Crippen molar-refractivity contribution in [2.45, 2.75) is 11.8 Å². The molecule has 0 aromatic heterocycles. The number of carbonyl (C=O) groups excluding carboxylic acids is 2. The molecule has 16 heavy (non-hydrogen) atoms. The number of rotatable bonds is 3. The van der Waals surface area contributed by atoms with Gasteiger partial charge in [-0.25, -0.2) is 4.79 Å². The summed E-state index contributed by atoms with van der Waals surface area (Å²) in [5, 5.41) is 0. The predicted molar refractivity (Wildman–Crippen MR) is 58.8 cm³/mol. The van der Waals surface area contributed by atoms with Gasteiger partial charge in [-0.2, -0.15) is 0 Å². The second-order valence-corrected chi connectivity index (χ2v) is 4.08. The Morgan fingerprint density at radius 1 is 1.50 bits per heavy atom. The first-order valence-electron chi connectivity index (χ1n) is 4.83. The number of hydrogen-bond donors (Lipinski definition) is 0. The van der Waals surface area contributed by atoms with Crippen LogP contribution in [0.5, 0.6) is 5.75 Å². The molecule has 0 amide bonds. The van der Waals surface area contributed by atoms with E-state index in [1.54, 1.807) is 36.9 Å². The van der Waals surface area contributed by atoms with Gasteiger partial charge < -0.3 is 9.47 Å². The van der Waals surface area contributed by atoms with E-state index in [1.807, 2.05) is 0 Å². The van der Waals surface area contributed by atoms with Gasteiger partial charge in [0.25, 0.3) is 5.78 Å². The van der Waals surface area contributed by atoms with Gasteiger partial charge in [0.1, 0.15) is 11.7 Å². The first kappa shape index (κ1) is 11.0. The predicted octanol–water partition coefficient (Wildman–Crippen LogP) is 1.87. The molecule has 1 aromatic rings. The van der Waals surface area contributed by atoms with Crippen molar-refractivity contribution in [1.82, 2.24) is 0 Å². The molecule has 0 atom stereocenters. The van der Waals surface area contributed by atoms with Gasteiger partial charge >= 0.3 is 5.97 Å². The average Bonchev–Trinajstić information content (AvgIpc) is 2.75. The molecule has 0 saturated carbocycles. The minimum Gasteiger partial charge on any atom is -0.481 e. The molecule has 2 rings (SSSR count). The van der Waals surface area contributed by atoms with Gasteiger partial charge in [-0.05, 0) is 25.1 Å². The van der Waals surface area contributed by atoms with E-state index in [4.69, 9.17) is 4.74 Å². The summed E-state index contributed by atoms with van der Waals surface area (Å²) in [6.45, 7) is 1.86. The maximum absolute atomic E-state index is 11.6. The Balaban J connectivity index is 2.21. The van der Waals surface area contributed by atoms with Gasteiger partial charge in [-0.1, -0.05) is 11.8 Å². The molecule has 0 unspecified atom stereocenters. The fraction of sp³-hybridized carbons (Fsp3) is 0.273. The smallest absolute Gasteiger partial charge is 0.379 e. The van der Waals surface area contributed by atoms with E-state index in [0.29, 0.717) is 17.3 Å². The SMILES string of the molecule is CCOC(=O)C(=O)c1ccc2c(c1)OCS2. The molecule has 1 aliphatic rings. The third-order valence-electron chi connectivity index (χ3n) is 2.10.